The van der Waals surface area contributed by atoms with Crippen molar-refractivity contribution >= 4 is 99.5 Å². The van der Waals surface area contributed by atoms with Crippen LogP contribution in [-0.4, -0.2) is 0 Å². The standard InChI is InChI=1S/C80H76N2O2/c1-47(2)73-75-65-39-55-31-35-63(81(69-45-61(79(9,10)11)33-27-51(69)7)67-41-57(29-25-49(67)5)53-21-17-15-18-22-53)37-59(55)43-71(65)84-78(75)74(48(3)4)76-66-40-56-32-36-64(38-60(56)44-72(66)83-77(73)76)82(70-46-62(80(12,13)14)34-28-52(70)8)68-42-58(30-26-50(68)6)54-23-19-16-20-24-54/h15-48H,1-14H3. The Balaban J connectivity index is 0.983. The Hall–Kier alpha value is -8.86. The van der Waals surface area contributed by atoms with E-state index in [1.54, 1.807) is 0 Å². The lowest BCUT2D eigenvalue weighted by molar-refractivity contribution is 0.590. The summed E-state index contributed by atoms with van der Waals surface area (Å²) in [5.74, 6) is 0.283. The highest BCUT2D eigenvalue weighted by atomic mass is 16.3. The predicted octanol–water partition coefficient (Wildman–Crippen LogP) is 24.1. The van der Waals surface area contributed by atoms with E-state index < -0.39 is 0 Å². The zero-order valence-electron chi connectivity index (χ0n) is 51.3. The van der Waals surface area contributed by atoms with E-state index >= 15 is 0 Å². The summed E-state index contributed by atoms with van der Waals surface area (Å²) in [6.45, 7) is 31.9. The molecule has 0 amide bonds. The molecule has 0 saturated carbocycles. The molecular formula is C80H76N2O2. The zero-order valence-corrected chi connectivity index (χ0v) is 51.3. The maximum Gasteiger partial charge on any atom is 0.140 e. The van der Waals surface area contributed by atoms with Gasteiger partial charge in [-0.3, -0.25) is 0 Å². The second-order valence-electron chi connectivity index (χ2n) is 26.4. The molecule has 0 aliphatic rings. The second-order valence-corrected chi connectivity index (χ2v) is 26.4. The molecule has 0 bridgehead atoms. The van der Waals surface area contributed by atoms with Crippen LogP contribution in [0.25, 0.3) is 87.7 Å². The molecule has 2 heterocycles. The summed E-state index contributed by atoms with van der Waals surface area (Å²) in [6.07, 6.45) is 0. The minimum absolute atomic E-state index is 0.0291. The van der Waals surface area contributed by atoms with Crippen molar-refractivity contribution in [2.45, 2.75) is 120 Å². The predicted molar refractivity (Wildman–Crippen MR) is 361 cm³/mol. The van der Waals surface area contributed by atoms with Gasteiger partial charge in [-0.15, -0.1) is 0 Å². The highest BCUT2D eigenvalue weighted by molar-refractivity contribution is 6.22. The average molecular weight is 1100 g/mol. The fourth-order valence-electron chi connectivity index (χ4n) is 12.9. The van der Waals surface area contributed by atoms with Crippen LogP contribution in [-0.2, 0) is 10.8 Å². The van der Waals surface area contributed by atoms with Gasteiger partial charge in [0, 0.05) is 66.8 Å². The van der Waals surface area contributed by atoms with Gasteiger partial charge in [-0.05, 0) is 200 Å². The molecule has 2 aromatic heterocycles. The molecule has 0 fully saturated rings. The van der Waals surface area contributed by atoms with Crippen molar-refractivity contribution in [1.29, 1.82) is 0 Å². The Morgan fingerprint density at radius 2 is 0.690 bits per heavy atom. The van der Waals surface area contributed by atoms with Gasteiger partial charge in [0.1, 0.15) is 22.3 Å². The lowest BCUT2D eigenvalue weighted by Crippen LogP contribution is -2.16. The van der Waals surface area contributed by atoms with Crippen LogP contribution in [0.3, 0.4) is 0 Å². The summed E-state index contributed by atoms with van der Waals surface area (Å²) < 4.78 is 14.7. The molecule has 0 spiro atoms. The van der Waals surface area contributed by atoms with Crippen molar-refractivity contribution in [3.63, 3.8) is 0 Å². The van der Waals surface area contributed by atoms with Gasteiger partial charge in [-0.2, -0.15) is 0 Å². The van der Waals surface area contributed by atoms with Gasteiger partial charge >= 0.3 is 0 Å². The molecule has 4 heteroatoms. The minimum Gasteiger partial charge on any atom is -0.456 e. The van der Waals surface area contributed by atoms with E-state index in [-0.39, 0.29) is 22.7 Å². The Bertz CT molecular complexity index is 4430. The smallest absolute Gasteiger partial charge is 0.140 e. The minimum atomic E-state index is -0.0291. The van der Waals surface area contributed by atoms with E-state index in [0.717, 1.165) is 88.2 Å². The third-order valence-electron chi connectivity index (χ3n) is 17.7. The lowest BCUT2D eigenvalue weighted by atomic mass is 9.86. The van der Waals surface area contributed by atoms with Gasteiger partial charge in [-0.1, -0.05) is 191 Å². The molecule has 0 N–H and O–H groups in total. The highest BCUT2D eigenvalue weighted by Crippen LogP contribution is 2.51. The van der Waals surface area contributed by atoms with Crippen molar-refractivity contribution in [3.8, 4) is 22.3 Å². The van der Waals surface area contributed by atoms with Gasteiger partial charge in [0.15, 0.2) is 0 Å². The summed E-state index contributed by atoms with van der Waals surface area (Å²) in [5, 5.41) is 9.09. The van der Waals surface area contributed by atoms with Gasteiger partial charge in [0.25, 0.3) is 0 Å². The topological polar surface area (TPSA) is 32.8 Å². The van der Waals surface area contributed by atoms with Crippen LogP contribution < -0.4 is 9.80 Å². The number of aryl methyl sites for hydroxylation is 4. The summed E-state index contributed by atoms with van der Waals surface area (Å²) in [7, 11) is 0. The first kappa shape index (κ1) is 54.4. The Labute approximate surface area is 496 Å². The van der Waals surface area contributed by atoms with Crippen molar-refractivity contribution in [3.05, 3.63) is 239 Å². The Morgan fingerprint density at radius 3 is 1.05 bits per heavy atom. The van der Waals surface area contributed by atoms with E-state index in [1.165, 1.54) is 78.1 Å². The van der Waals surface area contributed by atoms with Gasteiger partial charge < -0.3 is 18.6 Å². The molecule has 4 nitrogen and oxygen atoms in total. The molecule has 11 aromatic carbocycles. The number of benzene rings is 11. The zero-order chi connectivity index (χ0) is 58.7. The first-order chi connectivity index (χ1) is 40.2. The fraction of sp³-hybridized carbons (Fsp3) is 0.225. The SMILES string of the molecule is Cc1ccc(-c2ccccc2)cc1N(c1ccc2cc3c(cc2c1)oc1c(C(C)C)c2c(oc4cc5cc(N(c6cc(-c7ccccc7)ccc6C)c6cc(C(C)(C)C)ccc6C)ccc5cc42)c(C(C)C)c13)c1cc(C(C)(C)C)ccc1C. The van der Waals surface area contributed by atoms with Crippen LogP contribution in [0.15, 0.2) is 203 Å². The quantitative estimate of drug-likeness (QED) is 0.137. The molecular weight excluding hydrogens is 1020 g/mol. The van der Waals surface area contributed by atoms with Crippen LogP contribution in [0.2, 0.25) is 0 Å². The number of furan rings is 2. The molecule has 0 saturated heterocycles. The van der Waals surface area contributed by atoms with Crippen molar-refractivity contribution in [1.82, 2.24) is 0 Å². The molecule has 0 aliphatic carbocycles. The molecule has 84 heavy (non-hydrogen) atoms. The molecule has 0 radical (unpaired) electrons. The van der Waals surface area contributed by atoms with E-state index in [0.29, 0.717) is 0 Å². The second kappa shape index (κ2) is 20.5. The van der Waals surface area contributed by atoms with Crippen LogP contribution in [0, 0.1) is 27.7 Å². The molecule has 0 unspecified atom stereocenters. The molecule has 0 aliphatic heterocycles. The van der Waals surface area contributed by atoms with Gasteiger partial charge in [-0.25, -0.2) is 0 Å². The monoisotopic (exact) mass is 1100 g/mol. The summed E-state index contributed by atoms with van der Waals surface area (Å²) >= 11 is 0. The number of rotatable bonds is 10. The number of fused-ring (bicyclic) bond motifs is 8. The van der Waals surface area contributed by atoms with E-state index in [9.17, 15) is 0 Å². The Morgan fingerprint density at radius 1 is 0.333 bits per heavy atom. The van der Waals surface area contributed by atoms with Gasteiger partial charge in [0.05, 0.1) is 0 Å². The lowest BCUT2D eigenvalue weighted by Gasteiger charge is -2.31. The largest absolute Gasteiger partial charge is 0.456 e. The van der Waals surface area contributed by atoms with Crippen molar-refractivity contribution < 1.29 is 8.83 Å². The third kappa shape index (κ3) is 9.41. The number of hydrogen-bond donors (Lipinski definition) is 0. The molecule has 0 atom stereocenters. The third-order valence-corrected chi connectivity index (χ3v) is 17.7. The van der Waals surface area contributed by atoms with E-state index in [4.69, 9.17) is 8.83 Å². The van der Waals surface area contributed by atoms with E-state index in [1.807, 2.05) is 0 Å². The van der Waals surface area contributed by atoms with E-state index in [2.05, 4.69) is 301 Å². The molecule has 13 aromatic rings. The molecule has 13 rings (SSSR count). The maximum absolute atomic E-state index is 7.33. The summed E-state index contributed by atoms with van der Waals surface area (Å²) in [6, 6.07) is 72.3. The van der Waals surface area contributed by atoms with Crippen LogP contribution in [0.1, 0.15) is 126 Å². The first-order valence-electron chi connectivity index (χ1n) is 30.1. The van der Waals surface area contributed by atoms with Crippen LogP contribution in [0.5, 0.6) is 0 Å². The average Bonchev–Trinajstić information content (AvgIpc) is 1.60. The first-order valence-corrected chi connectivity index (χ1v) is 30.1. The number of anilines is 6. The summed E-state index contributed by atoms with van der Waals surface area (Å²) in [5.41, 5.74) is 25.0. The van der Waals surface area contributed by atoms with Crippen molar-refractivity contribution in [2.75, 3.05) is 9.80 Å². The fourth-order valence-corrected chi connectivity index (χ4v) is 12.9. The maximum atomic E-state index is 7.33. The number of hydrogen-bond acceptors (Lipinski definition) is 4. The molecule has 418 valence electrons. The summed E-state index contributed by atoms with van der Waals surface area (Å²) in [4.78, 5) is 4.95. The Kier molecular flexibility index (Phi) is 13.3. The van der Waals surface area contributed by atoms with Crippen LogP contribution in [0.4, 0.5) is 34.1 Å². The van der Waals surface area contributed by atoms with Crippen LogP contribution >= 0.6 is 0 Å². The van der Waals surface area contributed by atoms with Crippen molar-refractivity contribution in [2.24, 2.45) is 0 Å². The highest BCUT2D eigenvalue weighted by Gasteiger charge is 2.30. The number of nitrogens with zero attached hydrogens (tertiary/aromatic N) is 2. The van der Waals surface area contributed by atoms with Gasteiger partial charge in [0.2, 0.25) is 0 Å². The normalized spacial score (nSPS) is 12.4.